The molecule has 4 rings (SSSR count). The Bertz CT molecular complexity index is 902. The van der Waals surface area contributed by atoms with Gasteiger partial charge in [0.2, 0.25) is 5.78 Å². The fraction of sp³-hybridized carbons (Fsp3) is 0.154. The highest BCUT2D eigenvalue weighted by Gasteiger charge is 2.32. The van der Waals surface area contributed by atoms with Crippen molar-refractivity contribution < 1.29 is 14.3 Å². The lowest BCUT2D eigenvalue weighted by molar-refractivity contribution is 0.103. The van der Waals surface area contributed by atoms with Crippen molar-refractivity contribution in [1.82, 2.24) is 24.8 Å². The van der Waals surface area contributed by atoms with Gasteiger partial charge in [-0.2, -0.15) is 9.61 Å². The smallest absolute Gasteiger partial charge is 0.272 e. The fourth-order valence-electron chi connectivity index (χ4n) is 2.41. The summed E-state index contributed by atoms with van der Waals surface area (Å²) in [5.74, 6) is 1.10. The van der Waals surface area contributed by atoms with Crippen molar-refractivity contribution in [2.75, 3.05) is 14.2 Å². The number of aromatic nitrogens is 5. The molecule has 0 bridgehead atoms. The van der Waals surface area contributed by atoms with Crippen LogP contribution >= 0.6 is 0 Å². The topological polar surface area (TPSA) is 91.5 Å². The monoisotopic (exact) mass is 283 g/mol. The van der Waals surface area contributed by atoms with Gasteiger partial charge in [0.25, 0.3) is 5.78 Å². The van der Waals surface area contributed by atoms with Crippen LogP contribution in [0, 0.1) is 0 Å². The van der Waals surface area contributed by atoms with Crippen LogP contribution in [0.5, 0.6) is 11.5 Å². The maximum absolute atomic E-state index is 12.5. The van der Waals surface area contributed by atoms with E-state index in [2.05, 4.69) is 20.3 Å². The number of methoxy groups -OCH3 is 2. The quantitative estimate of drug-likeness (QED) is 0.536. The van der Waals surface area contributed by atoms with E-state index in [9.17, 15) is 4.79 Å². The molecule has 2 aromatic heterocycles. The maximum atomic E-state index is 12.5. The standard InChI is InChI=1S/C13H9N5O3/c1-20-8-3-6-7(4-9(8)21-2)12(19)11-10(6)17-18-5-14-16-13(18)15-11/h3-5H,1-2H3. The number of hydrogen-bond acceptors (Lipinski definition) is 7. The Morgan fingerprint density at radius 1 is 1.05 bits per heavy atom. The highest BCUT2D eigenvalue weighted by atomic mass is 16.5. The fourth-order valence-corrected chi connectivity index (χ4v) is 2.41. The van der Waals surface area contributed by atoms with E-state index in [1.807, 2.05) is 0 Å². The summed E-state index contributed by atoms with van der Waals surface area (Å²) in [6.45, 7) is 0. The molecule has 0 radical (unpaired) electrons. The Morgan fingerprint density at radius 2 is 1.76 bits per heavy atom. The lowest BCUT2D eigenvalue weighted by Crippen LogP contribution is -2.03. The predicted molar refractivity (Wildman–Crippen MR) is 70.5 cm³/mol. The van der Waals surface area contributed by atoms with E-state index in [0.717, 1.165) is 0 Å². The Morgan fingerprint density at radius 3 is 2.48 bits per heavy atom. The van der Waals surface area contributed by atoms with E-state index < -0.39 is 0 Å². The molecule has 0 spiro atoms. The molecule has 0 aliphatic heterocycles. The number of nitrogens with zero attached hydrogens (tertiary/aromatic N) is 5. The first-order chi connectivity index (χ1) is 10.2. The van der Waals surface area contributed by atoms with E-state index in [4.69, 9.17) is 9.47 Å². The number of ether oxygens (including phenoxy) is 2. The van der Waals surface area contributed by atoms with Gasteiger partial charge in [-0.15, -0.1) is 10.2 Å². The van der Waals surface area contributed by atoms with Gasteiger partial charge in [-0.25, -0.2) is 4.98 Å². The Balaban J connectivity index is 2.04. The summed E-state index contributed by atoms with van der Waals surface area (Å²) >= 11 is 0. The zero-order valence-corrected chi connectivity index (χ0v) is 11.2. The summed E-state index contributed by atoms with van der Waals surface area (Å²) in [4.78, 5) is 16.7. The maximum Gasteiger partial charge on any atom is 0.272 e. The van der Waals surface area contributed by atoms with Crippen molar-refractivity contribution in [2.24, 2.45) is 0 Å². The van der Waals surface area contributed by atoms with E-state index in [1.165, 1.54) is 25.1 Å². The SMILES string of the molecule is COc1cc2c(cc1OC)-c1nn3cnnc3nc1C2=O. The third kappa shape index (κ3) is 1.46. The highest BCUT2D eigenvalue weighted by Crippen LogP contribution is 2.40. The van der Waals surface area contributed by atoms with Crippen molar-refractivity contribution >= 4 is 11.6 Å². The third-order valence-electron chi connectivity index (χ3n) is 3.40. The number of fused-ring (bicyclic) bond motifs is 4. The Kier molecular flexibility index (Phi) is 2.23. The molecule has 8 heteroatoms. The summed E-state index contributed by atoms with van der Waals surface area (Å²) in [5, 5.41) is 11.9. The average Bonchev–Trinajstić information content (AvgIpc) is 3.07. The molecule has 2 heterocycles. The van der Waals surface area contributed by atoms with E-state index in [1.54, 1.807) is 12.1 Å². The second-order valence-electron chi connectivity index (χ2n) is 4.47. The van der Waals surface area contributed by atoms with Crippen LogP contribution < -0.4 is 9.47 Å². The molecule has 0 saturated heterocycles. The number of ketones is 1. The summed E-state index contributed by atoms with van der Waals surface area (Å²) in [5.41, 5.74) is 1.91. The van der Waals surface area contributed by atoms with Gasteiger partial charge in [-0.1, -0.05) is 0 Å². The highest BCUT2D eigenvalue weighted by molar-refractivity contribution is 6.20. The van der Waals surface area contributed by atoms with Gasteiger partial charge in [0.05, 0.1) is 14.2 Å². The zero-order valence-electron chi connectivity index (χ0n) is 11.2. The molecule has 1 aliphatic rings. The van der Waals surface area contributed by atoms with Crippen LogP contribution in [0.3, 0.4) is 0 Å². The first-order valence-corrected chi connectivity index (χ1v) is 6.12. The van der Waals surface area contributed by atoms with Crippen LogP contribution in [0.15, 0.2) is 18.5 Å². The van der Waals surface area contributed by atoms with E-state index in [0.29, 0.717) is 28.3 Å². The first-order valence-electron chi connectivity index (χ1n) is 6.12. The molecule has 0 N–H and O–H groups in total. The van der Waals surface area contributed by atoms with Gasteiger partial charge in [-0.05, 0) is 12.1 Å². The number of carbonyl (C=O) groups is 1. The van der Waals surface area contributed by atoms with Crippen LogP contribution in [-0.2, 0) is 0 Å². The van der Waals surface area contributed by atoms with Crippen LogP contribution in [0.25, 0.3) is 17.0 Å². The van der Waals surface area contributed by atoms with Crippen molar-refractivity contribution in [3.05, 3.63) is 29.7 Å². The minimum absolute atomic E-state index is 0.209. The van der Waals surface area contributed by atoms with Gasteiger partial charge in [-0.3, -0.25) is 4.79 Å². The minimum Gasteiger partial charge on any atom is -0.493 e. The molecular weight excluding hydrogens is 274 g/mol. The van der Waals surface area contributed by atoms with Gasteiger partial charge in [0.1, 0.15) is 17.7 Å². The van der Waals surface area contributed by atoms with Crippen molar-refractivity contribution in [2.45, 2.75) is 0 Å². The molecule has 21 heavy (non-hydrogen) atoms. The molecule has 1 aromatic carbocycles. The molecule has 1 aliphatic carbocycles. The normalized spacial score (nSPS) is 12.4. The van der Waals surface area contributed by atoms with Crippen LogP contribution in [0.1, 0.15) is 16.1 Å². The predicted octanol–water partition coefficient (Wildman–Crippen LogP) is 0.748. The number of hydrogen-bond donors (Lipinski definition) is 0. The number of carbonyl (C=O) groups excluding carboxylic acids is 1. The van der Waals surface area contributed by atoms with E-state index in [-0.39, 0.29) is 17.3 Å². The average molecular weight is 283 g/mol. The lowest BCUT2D eigenvalue weighted by Gasteiger charge is -2.09. The number of benzene rings is 1. The van der Waals surface area contributed by atoms with Gasteiger partial charge < -0.3 is 9.47 Å². The van der Waals surface area contributed by atoms with Crippen molar-refractivity contribution in [3.63, 3.8) is 0 Å². The van der Waals surface area contributed by atoms with Crippen molar-refractivity contribution in [3.8, 4) is 22.8 Å². The molecular formula is C13H9N5O3. The lowest BCUT2D eigenvalue weighted by atomic mass is 10.1. The van der Waals surface area contributed by atoms with Crippen molar-refractivity contribution in [1.29, 1.82) is 0 Å². The molecule has 0 amide bonds. The number of rotatable bonds is 2. The molecule has 104 valence electrons. The Labute approximate surface area is 118 Å². The van der Waals surface area contributed by atoms with E-state index >= 15 is 0 Å². The van der Waals surface area contributed by atoms with Crippen LogP contribution in [0.2, 0.25) is 0 Å². The Hall–Kier alpha value is -3.03. The molecule has 0 atom stereocenters. The third-order valence-corrected chi connectivity index (χ3v) is 3.40. The second kappa shape index (κ2) is 3.98. The molecule has 0 unspecified atom stereocenters. The molecule has 3 aromatic rings. The first kappa shape index (κ1) is 11.8. The largest absolute Gasteiger partial charge is 0.493 e. The van der Waals surface area contributed by atoms with Gasteiger partial charge in [0, 0.05) is 11.1 Å². The summed E-state index contributed by atoms with van der Waals surface area (Å²) in [6, 6.07) is 3.36. The summed E-state index contributed by atoms with van der Waals surface area (Å²) < 4.78 is 11.9. The van der Waals surface area contributed by atoms with Crippen LogP contribution in [-0.4, -0.2) is 44.8 Å². The van der Waals surface area contributed by atoms with Gasteiger partial charge >= 0.3 is 0 Å². The second-order valence-corrected chi connectivity index (χ2v) is 4.47. The molecule has 0 fully saturated rings. The zero-order chi connectivity index (χ0) is 14.6. The van der Waals surface area contributed by atoms with Gasteiger partial charge in [0.15, 0.2) is 11.5 Å². The van der Waals surface area contributed by atoms with Crippen LogP contribution in [0.4, 0.5) is 0 Å². The summed E-state index contributed by atoms with van der Waals surface area (Å²) in [7, 11) is 3.06. The molecule has 8 nitrogen and oxygen atoms in total. The summed E-state index contributed by atoms with van der Waals surface area (Å²) in [6.07, 6.45) is 1.44. The minimum atomic E-state index is -0.209. The molecule has 0 saturated carbocycles.